The highest BCUT2D eigenvalue weighted by molar-refractivity contribution is 5.90. The fourth-order valence-electron chi connectivity index (χ4n) is 2.61. The van der Waals surface area contributed by atoms with Gasteiger partial charge in [0.05, 0.1) is 5.69 Å². The summed E-state index contributed by atoms with van der Waals surface area (Å²) < 4.78 is 41.3. The molecule has 2 amide bonds. The lowest BCUT2D eigenvalue weighted by molar-refractivity contribution is -0.274. The number of para-hydroxylation sites is 2. The van der Waals surface area contributed by atoms with Crippen LogP contribution >= 0.6 is 0 Å². The second-order valence-corrected chi connectivity index (χ2v) is 6.38. The molecule has 4 N–H and O–H groups in total. The molecule has 0 aliphatic rings. The third-order valence-electron chi connectivity index (χ3n) is 3.84. The molecule has 2 aromatic heterocycles. The number of hydrogen-bond donors (Lipinski definition) is 4. The highest BCUT2D eigenvalue weighted by Crippen LogP contribution is 2.29. The van der Waals surface area contributed by atoms with Crippen molar-refractivity contribution in [3.8, 4) is 5.75 Å². The number of benzene rings is 1. The van der Waals surface area contributed by atoms with Gasteiger partial charge in [-0.25, -0.2) is 19.7 Å². The van der Waals surface area contributed by atoms with Gasteiger partial charge < -0.3 is 26.0 Å². The van der Waals surface area contributed by atoms with Gasteiger partial charge in [0.15, 0.2) is 5.75 Å². The molecule has 0 spiro atoms. The van der Waals surface area contributed by atoms with Crippen LogP contribution in [0.15, 0.2) is 54.7 Å². The van der Waals surface area contributed by atoms with Gasteiger partial charge in [0, 0.05) is 25.4 Å². The summed E-state index contributed by atoms with van der Waals surface area (Å²) in [6, 6.07) is 11.7. The van der Waals surface area contributed by atoms with Gasteiger partial charge in [0.1, 0.15) is 23.3 Å². The average Bonchev–Trinajstić information content (AvgIpc) is 2.72. The van der Waals surface area contributed by atoms with Gasteiger partial charge in [-0.1, -0.05) is 18.2 Å². The largest absolute Gasteiger partial charge is 0.573 e. The lowest BCUT2D eigenvalue weighted by Crippen LogP contribution is -2.33. The van der Waals surface area contributed by atoms with Gasteiger partial charge >= 0.3 is 12.4 Å². The zero-order valence-corrected chi connectivity index (χ0v) is 16.9. The van der Waals surface area contributed by atoms with Gasteiger partial charge in [0.25, 0.3) is 0 Å². The number of anilines is 4. The number of aryl methyl sites for hydroxylation is 1. The topological polar surface area (TPSA) is 113 Å². The molecule has 0 fully saturated rings. The first-order valence-corrected chi connectivity index (χ1v) is 9.46. The van der Waals surface area contributed by atoms with Crippen LogP contribution < -0.4 is 26.0 Å². The summed E-state index contributed by atoms with van der Waals surface area (Å²) >= 11 is 0. The Bertz CT molecular complexity index is 1050. The molecule has 0 aliphatic heterocycles. The first kappa shape index (κ1) is 22.6. The highest BCUT2D eigenvalue weighted by Gasteiger charge is 2.32. The first-order chi connectivity index (χ1) is 15.3. The van der Waals surface area contributed by atoms with Crippen LogP contribution in [0.4, 0.5) is 41.1 Å². The van der Waals surface area contributed by atoms with E-state index in [1.807, 2.05) is 6.07 Å². The minimum atomic E-state index is -4.86. The quantitative estimate of drug-likeness (QED) is 0.385. The smallest absolute Gasteiger partial charge is 0.404 e. The summed E-state index contributed by atoms with van der Waals surface area (Å²) in [6.07, 6.45) is -3.21. The maximum atomic E-state index is 12.5. The van der Waals surface area contributed by atoms with Crippen molar-refractivity contribution in [3.05, 3.63) is 60.6 Å². The Morgan fingerprint density at radius 2 is 1.75 bits per heavy atom. The van der Waals surface area contributed by atoms with Crippen LogP contribution in [0.3, 0.4) is 0 Å². The van der Waals surface area contributed by atoms with Crippen LogP contribution in [0, 0.1) is 6.92 Å². The number of hydrogen-bond acceptors (Lipinski definition) is 7. The molecule has 9 nitrogen and oxygen atoms in total. The van der Waals surface area contributed by atoms with Gasteiger partial charge in [-0.3, -0.25) is 0 Å². The lowest BCUT2D eigenvalue weighted by Gasteiger charge is -2.14. The van der Waals surface area contributed by atoms with Crippen molar-refractivity contribution < 1.29 is 22.7 Å². The predicted octanol–water partition coefficient (Wildman–Crippen LogP) is 4.06. The SMILES string of the molecule is Cc1nc(NCCNC(=O)Nc2ccccc2OC(F)(F)F)cc(Nc2ccccn2)n1. The van der Waals surface area contributed by atoms with E-state index in [-0.39, 0.29) is 12.2 Å². The second kappa shape index (κ2) is 10.3. The number of amides is 2. The van der Waals surface area contributed by atoms with Crippen LogP contribution in [0.5, 0.6) is 5.75 Å². The van der Waals surface area contributed by atoms with Crippen molar-refractivity contribution in [2.24, 2.45) is 0 Å². The van der Waals surface area contributed by atoms with E-state index in [9.17, 15) is 18.0 Å². The summed E-state index contributed by atoms with van der Waals surface area (Å²) in [5, 5.41) is 11.0. The van der Waals surface area contributed by atoms with E-state index >= 15 is 0 Å². The molecule has 0 atom stereocenters. The molecule has 12 heteroatoms. The van der Waals surface area contributed by atoms with Crippen LogP contribution in [0.25, 0.3) is 0 Å². The minimum Gasteiger partial charge on any atom is -0.404 e. The molecule has 0 unspecified atom stereocenters. The molecule has 3 rings (SSSR count). The maximum absolute atomic E-state index is 12.5. The van der Waals surface area contributed by atoms with Crippen LogP contribution in [-0.4, -0.2) is 40.4 Å². The number of alkyl halides is 3. The van der Waals surface area contributed by atoms with Crippen molar-refractivity contribution in [3.63, 3.8) is 0 Å². The number of rotatable bonds is 8. The molecule has 1 aromatic carbocycles. The highest BCUT2D eigenvalue weighted by atomic mass is 19.4. The average molecular weight is 447 g/mol. The Kier molecular flexibility index (Phi) is 7.26. The van der Waals surface area contributed by atoms with Crippen molar-refractivity contribution >= 4 is 29.2 Å². The van der Waals surface area contributed by atoms with Gasteiger partial charge in [-0.2, -0.15) is 0 Å². The first-order valence-electron chi connectivity index (χ1n) is 9.46. The van der Waals surface area contributed by atoms with E-state index in [2.05, 4.69) is 41.0 Å². The number of carbonyl (C=O) groups is 1. The number of nitrogens with zero attached hydrogens (tertiary/aromatic N) is 3. The number of urea groups is 1. The van der Waals surface area contributed by atoms with Crippen molar-refractivity contribution in [1.82, 2.24) is 20.3 Å². The van der Waals surface area contributed by atoms with Crippen LogP contribution in [0.1, 0.15) is 5.82 Å². The summed E-state index contributed by atoms with van der Waals surface area (Å²) in [5.74, 6) is 1.73. The molecule has 0 bridgehead atoms. The Morgan fingerprint density at radius 3 is 2.50 bits per heavy atom. The number of ether oxygens (including phenoxy) is 1. The van der Waals surface area contributed by atoms with E-state index in [4.69, 9.17) is 0 Å². The fourth-order valence-corrected chi connectivity index (χ4v) is 2.61. The Labute approximate surface area is 181 Å². The fraction of sp³-hybridized carbons (Fsp3) is 0.200. The normalized spacial score (nSPS) is 10.9. The predicted molar refractivity (Wildman–Crippen MR) is 113 cm³/mol. The molecular weight excluding hydrogens is 427 g/mol. The van der Waals surface area contributed by atoms with E-state index in [0.717, 1.165) is 6.07 Å². The van der Waals surface area contributed by atoms with Crippen LogP contribution in [0.2, 0.25) is 0 Å². The third-order valence-corrected chi connectivity index (χ3v) is 3.84. The molecule has 0 saturated heterocycles. The second-order valence-electron chi connectivity index (χ2n) is 6.38. The molecule has 0 radical (unpaired) electrons. The summed E-state index contributed by atoms with van der Waals surface area (Å²) in [4.78, 5) is 24.8. The zero-order valence-electron chi connectivity index (χ0n) is 16.9. The number of pyridine rings is 1. The lowest BCUT2D eigenvalue weighted by atomic mass is 10.3. The van der Waals surface area contributed by atoms with E-state index < -0.39 is 18.1 Å². The molecule has 168 valence electrons. The minimum absolute atomic E-state index is 0.105. The van der Waals surface area contributed by atoms with E-state index in [1.54, 1.807) is 31.3 Å². The van der Waals surface area contributed by atoms with Crippen LogP contribution in [-0.2, 0) is 0 Å². The molecule has 2 heterocycles. The number of nitrogens with one attached hydrogen (secondary N) is 4. The number of halogens is 3. The van der Waals surface area contributed by atoms with Gasteiger partial charge in [-0.05, 0) is 31.2 Å². The molecule has 0 aliphatic carbocycles. The van der Waals surface area contributed by atoms with E-state index in [1.165, 1.54) is 18.2 Å². The molecule has 0 saturated carbocycles. The van der Waals surface area contributed by atoms with Gasteiger partial charge in [0.2, 0.25) is 0 Å². The van der Waals surface area contributed by atoms with Crippen molar-refractivity contribution in [2.75, 3.05) is 29.0 Å². The Hall–Kier alpha value is -4.09. The Balaban J connectivity index is 1.49. The number of aromatic nitrogens is 3. The summed E-state index contributed by atoms with van der Waals surface area (Å²) in [5.41, 5.74) is -0.105. The maximum Gasteiger partial charge on any atom is 0.573 e. The summed E-state index contributed by atoms with van der Waals surface area (Å²) in [7, 11) is 0. The van der Waals surface area contributed by atoms with E-state index in [0.29, 0.717) is 29.8 Å². The van der Waals surface area contributed by atoms with Crippen molar-refractivity contribution in [1.29, 1.82) is 0 Å². The van der Waals surface area contributed by atoms with Gasteiger partial charge in [-0.15, -0.1) is 13.2 Å². The Morgan fingerprint density at radius 1 is 1.00 bits per heavy atom. The molecule has 32 heavy (non-hydrogen) atoms. The molecule has 3 aromatic rings. The monoisotopic (exact) mass is 447 g/mol. The standard InChI is InChI=1S/C20H20F3N7O2/c1-13-27-17(12-18(28-13)30-16-8-4-5-9-24-16)25-10-11-26-19(31)29-14-6-2-3-7-15(14)32-20(21,22)23/h2-9,12H,10-11H2,1H3,(H2,26,29,31)(H2,24,25,27,28,30). The third kappa shape index (κ3) is 7.31. The summed E-state index contributed by atoms with van der Waals surface area (Å²) in [6.45, 7) is 2.23. The zero-order chi connectivity index (χ0) is 23.0. The molecular formula is C20H20F3N7O2. The van der Waals surface area contributed by atoms with Crippen molar-refractivity contribution in [2.45, 2.75) is 13.3 Å². The number of carbonyl (C=O) groups excluding carboxylic acids is 1.